The first-order chi connectivity index (χ1) is 7.47. The van der Waals surface area contributed by atoms with Gasteiger partial charge in [-0.3, -0.25) is 0 Å². The molecule has 90 valence electrons. The zero-order valence-electron chi connectivity index (χ0n) is 9.21. The molecule has 0 saturated heterocycles. The Kier molecular flexibility index (Phi) is 4.63. The van der Waals surface area contributed by atoms with Gasteiger partial charge in [0.1, 0.15) is 0 Å². The fourth-order valence-electron chi connectivity index (χ4n) is 1.27. The van der Waals surface area contributed by atoms with E-state index in [-0.39, 0.29) is 4.90 Å². The molecule has 7 heteroatoms. The molecule has 0 unspecified atom stereocenters. The van der Waals surface area contributed by atoms with Crippen molar-refractivity contribution in [3.05, 3.63) is 29.8 Å². The second-order valence-corrected chi connectivity index (χ2v) is 7.07. The molecular formula is C9H15NO4SSi. The van der Waals surface area contributed by atoms with Gasteiger partial charge < -0.3 is 8.85 Å². The van der Waals surface area contributed by atoms with E-state index in [1.807, 2.05) is 0 Å². The SMILES string of the molecule is CO[SiH](Cc1ccc(S(N)(=O)=O)cc1)OC. The van der Waals surface area contributed by atoms with Crippen LogP contribution < -0.4 is 5.14 Å². The highest BCUT2D eigenvalue weighted by atomic mass is 32.2. The highest BCUT2D eigenvalue weighted by molar-refractivity contribution is 7.89. The van der Waals surface area contributed by atoms with E-state index in [0.29, 0.717) is 6.04 Å². The summed E-state index contributed by atoms with van der Waals surface area (Å²) in [6, 6.07) is 7.11. The Labute approximate surface area is 97.1 Å². The van der Waals surface area contributed by atoms with Crippen molar-refractivity contribution in [2.75, 3.05) is 14.2 Å². The van der Waals surface area contributed by atoms with Crippen LogP contribution in [0.15, 0.2) is 29.2 Å². The molecule has 0 aromatic heterocycles. The van der Waals surface area contributed by atoms with Crippen LogP contribution in [0.25, 0.3) is 0 Å². The van der Waals surface area contributed by atoms with Crippen molar-refractivity contribution in [1.29, 1.82) is 0 Å². The highest BCUT2D eigenvalue weighted by Crippen LogP contribution is 2.10. The predicted octanol–water partition coefficient (Wildman–Crippen LogP) is -0.0710. The minimum absolute atomic E-state index is 0.115. The monoisotopic (exact) mass is 261 g/mol. The van der Waals surface area contributed by atoms with Gasteiger partial charge in [0.15, 0.2) is 0 Å². The van der Waals surface area contributed by atoms with Crippen LogP contribution in [-0.4, -0.2) is 31.9 Å². The first-order valence-corrected chi connectivity index (χ1v) is 7.95. The van der Waals surface area contributed by atoms with Crippen molar-refractivity contribution in [1.82, 2.24) is 0 Å². The average molecular weight is 261 g/mol. The number of benzene rings is 1. The Hall–Kier alpha value is -0.733. The van der Waals surface area contributed by atoms with Gasteiger partial charge in [-0.1, -0.05) is 12.1 Å². The molecule has 0 aliphatic heterocycles. The van der Waals surface area contributed by atoms with Gasteiger partial charge in [0, 0.05) is 20.3 Å². The van der Waals surface area contributed by atoms with Crippen molar-refractivity contribution < 1.29 is 17.3 Å². The van der Waals surface area contributed by atoms with E-state index in [9.17, 15) is 8.42 Å². The lowest BCUT2D eigenvalue weighted by Gasteiger charge is -2.10. The largest absolute Gasteiger partial charge is 0.400 e. The Morgan fingerprint density at radius 1 is 1.19 bits per heavy atom. The predicted molar refractivity (Wildman–Crippen MR) is 62.7 cm³/mol. The lowest BCUT2D eigenvalue weighted by Crippen LogP contribution is -2.22. The minimum Gasteiger partial charge on any atom is -0.400 e. The van der Waals surface area contributed by atoms with Crippen LogP contribution in [0.1, 0.15) is 5.56 Å². The molecule has 2 N–H and O–H groups in total. The Balaban J connectivity index is 2.80. The third-order valence-corrected chi connectivity index (χ3v) is 4.97. The molecule has 0 saturated carbocycles. The van der Waals surface area contributed by atoms with Gasteiger partial charge in [0.25, 0.3) is 0 Å². The van der Waals surface area contributed by atoms with Crippen LogP contribution in [0.5, 0.6) is 0 Å². The van der Waals surface area contributed by atoms with E-state index < -0.39 is 19.3 Å². The molecular weight excluding hydrogens is 246 g/mol. The molecule has 0 amide bonds. The second kappa shape index (κ2) is 5.55. The summed E-state index contributed by atoms with van der Waals surface area (Å²) < 4.78 is 32.4. The van der Waals surface area contributed by atoms with Gasteiger partial charge in [-0.05, 0) is 17.7 Å². The van der Waals surface area contributed by atoms with Crippen molar-refractivity contribution in [3.63, 3.8) is 0 Å². The van der Waals surface area contributed by atoms with Crippen molar-refractivity contribution in [2.24, 2.45) is 5.14 Å². The molecule has 0 aliphatic carbocycles. The summed E-state index contributed by atoms with van der Waals surface area (Å²) in [7, 11) is -2.05. The smallest absolute Gasteiger partial charge is 0.325 e. The van der Waals surface area contributed by atoms with Gasteiger partial charge in [0.05, 0.1) is 4.90 Å². The van der Waals surface area contributed by atoms with Crippen LogP contribution in [0, 0.1) is 0 Å². The van der Waals surface area contributed by atoms with E-state index in [4.69, 9.17) is 14.0 Å². The van der Waals surface area contributed by atoms with Crippen LogP contribution >= 0.6 is 0 Å². The quantitative estimate of drug-likeness (QED) is 0.753. The summed E-state index contributed by atoms with van der Waals surface area (Å²) in [6.07, 6.45) is 0. The van der Waals surface area contributed by atoms with Crippen LogP contribution in [0.2, 0.25) is 0 Å². The molecule has 0 atom stereocenters. The molecule has 5 nitrogen and oxygen atoms in total. The van der Waals surface area contributed by atoms with E-state index in [1.165, 1.54) is 12.1 Å². The van der Waals surface area contributed by atoms with E-state index in [1.54, 1.807) is 26.4 Å². The summed E-state index contributed by atoms with van der Waals surface area (Å²) in [5, 5.41) is 4.99. The van der Waals surface area contributed by atoms with Crippen molar-refractivity contribution in [2.45, 2.75) is 10.9 Å². The Bertz CT molecular complexity index is 427. The Morgan fingerprint density at radius 2 is 1.69 bits per heavy atom. The first-order valence-electron chi connectivity index (χ1n) is 4.64. The third kappa shape index (κ3) is 3.69. The van der Waals surface area contributed by atoms with Gasteiger partial charge >= 0.3 is 9.28 Å². The second-order valence-electron chi connectivity index (χ2n) is 3.29. The molecule has 0 bridgehead atoms. The Morgan fingerprint density at radius 3 is 2.06 bits per heavy atom. The summed E-state index contributed by atoms with van der Waals surface area (Å²) >= 11 is 0. The molecule has 1 rings (SSSR count). The molecule has 0 aliphatic rings. The summed E-state index contributed by atoms with van der Waals surface area (Å²) in [4.78, 5) is 0.115. The molecule has 1 aromatic rings. The number of sulfonamides is 1. The fourth-order valence-corrected chi connectivity index (χ4v) is 2.97. The number of hydrogen-bond donors (Lipinski definition) is 1. The summed E-state index contributed by atoms with van der Waals surface area (Å²) in [5.41, 5.74) is 0.979. The molecule has 16 heavy (non-hydrogen) atoms. The standard InChI is InChI=1S/C9H15NO4SSi/c1-13-16(14-2)7-8-3-5-9(6-4-8)15(10,11)12/h3-6,16H,7H2,1-2H3,(H2,10,11,12). The van der Waals surface area contributed by atoms with Gasteiger partial charge in [0.2, 0.25) is 10.0 Å². The molecule has 0 heterocycles. The van der Waals surface area contributed by atoms with Gasteiger partial charge in [-0.15, -0.1) is 0 Å². The number of nitrogens with two attached hydrogens (primary N) is 1. The summed E-state index contributed by atoms with van der Waals surface area (Å²) in [5.74, 6) is 0. The zero-order chi connectivity index (χ0) is 12.2. The number of rotatable bonds is 5. The van der Waals surface area contributed by atoms with Crippen LogP contribution in [0.4, 0.5) is 0 Å². The first kappa shape index (κ1) is 13.3. The number of primary sulfonamides is 1. The maximum absolute atomic E-state index is 11.0. The number of hydrogen-bond acceptors (Lipinski definition) is 4. The van der Waals surface area contributed by atoms with Crippen molar-refractivity contribution in [3.8, 4) is 0 Å². The van der Waals surface area contributed by atoms with E-state index >= 15 is 0 Å². The van der Waals surface area contributed by atoms with Crippen LogP contribution in [0.3, 0.4) is 0 Å². The van der Waals surface area contributed by atoms with Gasteiger partial charge in [-0.25, -0.2) is 13.6 Å². The lowest BCUT2D eigenvalue weighted by molar-refractivity contribution is 0.277. The highest BCUT2D eigenvalue weighted by Gasteiger charge is 2.12. The zero-order valence-corrected chi connectivity index (χ0v) is 11.2. The average Bonchev–Trinajstić information content (AvgIpc) is 2.25. The minimum atomic E-state index is -3.61. The van der Waals surface area contributed by atoms with E-state index in [2.05, 4.69) is 0 Å². The molecule has 0 spiro atoms. The topological polar surface area (TPSA) is 78.6 Å². The maximum atomic E-state index is 11.0. The lowest BCUT2D eigenvalue weighted by atomic mass is 10.2. The molecule has 0 radical (unpaired) electrons. The van der Waals surface area contributed by atoms with E-state index in [0.717, 1.165) is 5.56 Å². The third-order valence-electron chi connectivity index (χ3n) is 2.18. The normalized spacial score (nSPS) is 12.0. The molecule has 0 fully saturated rings. The van der Waals surface area contributed by atoms with Crippen LogP contribution in [-0.2, 0) is 24.9 Å². The van der Waals surface area contributed by atoms with Gasteiger partial charge in [-0.2, -0.15) is 0 Å². The fraction of sp³-hybridized carbons (Fsp3) is 0.333. The molecule has 1 aromatic carbocycles. The summed E-state index contributed by atoms with van der Waals surface area (Å²) in [6.45, 7) is 0. The maximum Gasteiger partial charge on any atom is 0.325 e. The van der Waals surface area contributed by atoms with Crippen molar-refractivity contribution >= 4 is 19.3 Å².